The third-order valence-electron chi connectivity index (χ3n) is 4.14. The number of anilines is 2. The fourth-order valence-corrected chi connectivity index (χ4v) is 2.85. The first kappa shape index (κ1) is 15.3. The summed E-state index contributed by atoms with van der Waals surface area (Å²) in [7, 11) is 0. The smallest absolute Gasteiger partial charge is 0.232 e. The van der Waals surface area contributed by atoms with Gasteiger partial charge >= 0.3 is 0 Å². The van der Waals surface area contributed by atoms with Crippen LogP contribution in [0.15, 0.2) is 48.5 Å². The van der Waals surface area contributed by atoms with E-state index in [4.69, 9.17) is 0 Å². The zero-order chi connectivity index (χ0) is 16.4. The first-order valence-corrected chi connectivity index (χ1v) is 7.84. The van der Waals surface area contributed by atoms with Crippen LogP contribution in [-0.2, 0) is 9.59 Å². The Morgan fingerprint density at radius 2 is 1.96 bits per heavy atom. The molecule has 23 heavy (non-hydrogen) atoms. The molecule has 0 aliphatic carbocycles. The molecule has 2 amide bonds. The van der Waals surface area contributed by atoms with Crippen LogP contribution in [-0.4, -0.2) is 11.8 Å². The summed E-state index contributed by atoms with van der Waals surface area (Å²) >= 11 is 0. The van der Waals surface area contributed by atoms with Gasteiger partial charge in [-0.05, 0) is 35.2 Å². The Morgan fingerprint density at radius 3 is 2.74 bits per heavy atom. The first-order chi connectivity index (χ1) is 11.0. The molecular formula is C19H20N2O2. The van der Waals surface area contributed by atoms with Gasteiger partial charge in [-0.2, -0.15) is 0 Å². The molecule has 1 unspecified atom stereocenters. The van der Waals surface area contributed by atoms with Gasteiger partial charge in [0.05, 0.1) is 5.92 Å². The van der Waals surface area contributed by atoms with Crippen LogP contribution in [0.3, 0.4) is 0 Å². The van der Waals surface area contributed by atoms with Gasteiger partial charge in [-0.25, -0.2) is 0 Å². The summed E-state index contributed by atoms with van der Waals surface area (Å²) in [4.78, 5) is 24.5. The second kappa shape index (κ2) is 6.24. The summed E-state index contributed by atoms with van der Waals surface area (Å²) in [5, 5.41) is 5.76. The maximum atomic E-state index is 12.7. The summed E-state index contributed by atoms with van der Waals surface area (Å²) in [5.74, 6) is -0.330. The van der Waals surface area contributed by atoms with Crippen LogP contribution < -0.4 is 10.6 Å². The predicted molar refractivity (Wildman–Crippen MR) is 91.6 cm³/mol. The van der Waals surface area contributed by atoms with Gasteiger partial charge < -0.3 is 10.6 Å². The van der Waals surface area contributed by atoms with Crippen LogP contribution in [0.1, 0.15) is 43.2 Å². The summed E-state index contributed by atoms with van der Waals surface area (Å²) in [6, 6.07) is 15.3. The average Bonchev–Trinajstić information content (AvgIpc) is 2.54. The van der Waals surface area contributed by atoms with Crippen molar-refractivity contribution in [3.63, 3.8) is 0 Å². The normalized spacial score (nSPS) is 16.7. The molecule has 0 bridgehead atoms. The topological polar surface area (TPSA) is 58.2 Å². The lowest BCUT2D eigenvalue weighted by Gasteiger charge is -2.24. The molecule has 2 N–H and O–H groups in total. The average molecular weight is 308 g/mol. The lowest BCUT2D eigenvalue weighted by atomic mass is 9.89. The molecule has 1 aliphatic heterocycles. The summed E-state index contributed by atoms with van der Waals surface area (Å²) in [6.07, 6.45) is 0.173. The van der Waals surface area contributed by atoms with Crippen molar-refractivity contribution in [2.24, 2.45) is 0 Å². The first-order valence-electron chi connectivity index (χ1n) is 7.84. The number of para-hydroxylation sites is 1. The number of nitrogens with one attached hydrogen (secondary N) is 2. The number of amides is 2. The lowest BCUT2D eigenvalue weighted by Crippen LogP contribution is -2.30. The molecule has 0 saturated heterocycles. The molecule has 0 radical (unpaired) electrons. The number of hydrogen-bond acceptors (Lipinski definition) is 2. The van der Waals surface area contributed by atoms with E-state index >= 15 is 0 Å². The fraction of sp³-hybridized carbons (Fsp3) is 0.263. The van der Waals surface area contributed by atoms with Crippen molar-refractivity contribution in [3.8, 4) is 0 Å². The highest BCUT2D eigenvalue weighted by Gasteiger charge is 2.30. The second-order valence-electron chi connectivity index (χ2n) is 6.16. The van der Waals surface area contributed by atoms with Crippen LogP contribution in [0.25, 0.3) is 0 Å². The van der Waals surface area contributed by atoms with Gasteiger partial charge in [0, 0.05) is 17.8 Å². The van der Waals surface area contributed by atoms with Crippen LogP contribution in [0.4, 0.5) is 11.4 Å². The minimum atomic E-state index is -0.456. The third-order valence-corrected chi connectivity index (χ3v) is 4.14. The zero-order valence-electron chi connectivity index (χ0n) is 13.3. The monoisotopic (exact) mass is 308 g/mol. The summed E-state index contributed by atoms with van der Waals surface area (Å²) in [6.45, 7) is 4.23. The van der Waals surface area contributed by atoms with Gasteiger partial charge in [-0.15, -0.1) is 0 Å². The van der Waals surface area contributed by atoms with Gasteiger partial charge in [0.2, 0.25) is 11.8 Å². The number of carbonyl (C=O) groups is 2. The number of hydrogen-bond donors (Lipinski definition) is 2. The number of carbonyl (C=O) groups excluding carboxylic acids is 2. The third kappa shape index (κ3) is 3.26. The standard InChI is InChI=1S/C19H20N2O2/c1-12(2)13-6-5-7-14(10-13)20-19(23)16-11-18(22)21-17-9-4-3-8-15(16)17/h3-10,12,16H,11H2,1-2H3,(H,20,23)(H,21,22). The molecule has 1 atom stereocenters. The van der Waals surface area contributed by atoms with E-state index in [0.717, 1.165) is 16.9 Å². The Balaban J connectivity index is 1.84. The maximum absolute atomic E-state index is 12.7. The Kier molecular flexibility index (Phi) is 4.15. The van der Waals surface area contributed by atoms with Crippen molar-refractivity contribution in [1.82, 2.24) is 0 Å². The Labute approximate surface area is 135 Å². The second-order valence-corrected chi connectivity index (χ2v) is 6.16. The molecule has 1 aliphatic rings. The van der Waals surface area contributed by atoms with E-state index in [1.54, 1.807) is 0 Å². The van der Waals surface area contributed by atoms with E-state index in [1.807, 2.05) is 48.5 Å². The molecule has 0 saturated carbocycles. The highest BCUT2D eigenvalue weighted by molar-refractivity contribution is 6.05. The molecule has 0 spiro atoms. The molecule has 2 aromatic carbocycles. The quantitative estimate of drug-likeness (QED) is 0.904. The van der Waals surface area contributed by atoms with E-state index in [2.05, 4.69) is 24.5 Å². The maximum Gasteiger partial charge on any atom is 0.232 e. The Hall–Kier alpha value is -2.62. The van der Waals surface area contributed by atoms with E-state index in [1.165, 1.54) is 5.56 Å². The number of rotatable bonds is 3. The molecular weight excluding hydrogens is 288 g/mol. The van der Waals surface area contributed by atoms with E-state index < -0.39 is 5.92 Å². The molecule has 118 valence electrons. The SMILES string of the molecule is CC(C)c1cccc(NC(=O)C2CC(=O)Nc3ccccc32)c1. The molecule has 3 rings (SSSR count). The highest BCUT2D eigenvalue weighted by Crippen LogP contribution is 2.33. The van der Waals surface area contributed by atoms with E-state index in [9.17, 15) is 9.59 Å². The van der Waals surface area contributed by atoms with Crippen molar-refractivity contribution in [3.05, 3.63) is 59.7 Å². The van der Waals surface area contributed by atoms with Gasteiger partial charge in [-0.3, -0.25) is 9.59 Å². The van der Waals surface area contributed by atoms with Crippen LogP contribution in [0.2, 0.25) is 0 Å². The molecule has 4 nitrogen and oxygen atoms in total. The largest absolute Gasteiger partial charge is 0.326 e. The van der Waals surface area contributed by atoms with Crippen LogP contribution in [0.5, 0.6) is 0 Å². The van der Waals surface area contributed by atoms with Gasteiger partial charge in [0.15, 0.2) is 0 Å². The Morgan fingerprint density at radius 1 is 1.17 bits per heavy atom. The fourth-order valence-electron chi connectivity index (χ4n) is 2.85. The summed E-state index contributed by atoms with van der Waals surface area (Å²) < 4.78 is 0. The minimum Gasteiger partial charge on any atom is -0.326 e. The molecule has 1 heterocycles. The van der Waals surface area contributed by atoms with Crippen molar-refractivity contribution < 1.29 is 9.59 Å². The van der Waals surface area contributed by atoms with Crippen molar-refractivity contribution in [1.29, 1.82) is 0 Å². The van der Waals surface area contributed by atoms with Crippen LogP contribution >= 0.6 is 0 Å². The molecule has 2 aromatic rings. The lowest BCUT2D eigenvalue weighted by molar-refractivity contribution is -0.123. The van der Waals surface area contributed by atoms with Crippen molar-refractivity contribution in [2.75, 3.05) is 10.6 Å². The number of benzene rings is 2. The predicted octanol–water partition coefficient (Wildman–Crippen LogP) is 3.87. The van der Waals surface area contributed by atoms with E-state index in [-0.39, 0.29) is 18.2 Å². The van der Waals surface area contributed by atoms with Crippen molar-refractivity contribution >= 4 is 23.2 Å². The minimum absolute atomic E-state index is 0.125. The molecule has 0 fully saturated rings. The van der Waals surface area contributed by atoms with Gasteiger partial charge in [0.25, 0.3) is 0 Å². The zero-order valence-corrected chi connectivity index (χ0v) is 13.3. The number of fused-ring (bicyclic) bond motifs is 1. The summed E-state index contributed by atoms with van der Waals surface area (Å²) in [5.41, 5.74) is 3.53. The van der Waals surface area contributed by atoms with Gasteiger partial charge in [-0.1, -0.05) is 44.2 Å². The van der Waals surface area contributed by atoms with E-state index in [0.29, 0.717) is 5.92 Å². The Bertz CT molecular complexity index is 753. The molecule has 4 heteroatoms. The van der Waals surface area contributed by atoms with Crippen molar-refractivity contribution in [2.45, 2.75) is 32.1 Å². The highest BCUT2D eigenvalue weighted by atomic mass is 16.2. The van der Waals surface area contributed by atoms with Gasteiger partial charge in [0.1, 0.15) is 0 Å². The molecule has 0 aromatic heterocycles. The van der Waals surface area contributed by atoms with Crippen LogP contribution in [0, 0.1) is 0 Å².